The maximum atomic E-state index is 11.7. The second-order valence-electron chi connectivity index (χ2n) is 7.87. The van der Waals surface area contributed by atoms with E-state index in [9.17, 15) is 4.79 Å². The molecule has 26 heavy (non-hydrogen) atoms. The third-order valence-corrected chi connectivity index (χ3v) is 5.24. The highest BCUT2D eigenvalue weighted by Gasteiger charge is 2.52. The third-order valence-electron chi connectivity index (χ3n) is 5.24. The molecule has 1 aliphatic rings. The number of carbonyl (C=O) groups is 1. The van der Waals surface area contributed by atoms with Crippen LogP contribution in [-0.2, 0) is 9.31 Å². The number of aldehydes is 1. The summed E-state index contributed by atoms with van der Waals surface area (Å²) in [6.07, 6.45) is 0.853. The lowest BCUT2D eigenvalue weighted by Gasteiger charge is -2.32. The summed E-state index contributed by atoms with van der Waals surface area (Å²) >= 11 is 0. The molecule has 2 aromatic rings. The topological polar surface area (TPSA) is 44.8 Å². The van der Waals surface area contributed by atoms with E-state index >= 15 is 0 Å². The number of aryl methyl sites for hydroxylation is 2. The van der Waals surface area contributed by atoms with E-state index in [1.165, 1.54) is 0 Å². The van der Waals surface area contributed by atoms with E-state index in [0.717, 1.165) is 23.2 Å². The van der Waals surface area contributed by atoms with Gasteiger partial charge in [-0.2, -0.15) is 0 Å². The SMILES string of the molecule is Cc1cccc(Oc2cc(C)c(C=O)c(B3OC(C)(C)C(C)(C)O3)c2)c1. The van der Waals surface area contributed by atoms with Crippen molar-refractivity contribution in [1.82, 2.24) is 0 Å². The fourth-order valence-corrected chi connectivity index (χ4v) is 2.99. The first-order chi connectivity index (χ1) is 12.1. The minimum absolute atomic E-state index is 0.473. The van der Waals surface area contributed by atoms with Crippen molar-refractivity contribution in [3.63, 3.8) is 0 Å². The summed E-state index contributed by atoms with van der Waals surface area (Å²) in [5.74, 6) is 1.41. The molecule has 0 amide bonds. The summed E-state index contributed by atoms with van der Waals surface area (Å²) in [7, 11) is -0.611. The fourth-order valence-electron chi connectivity index (χ4n) is 2.99. The van der Waals surface area contributed by atoms with E-state index in [0.29, 0.717) is 16.8 Å². The van der Waals surface area contributed by atoms with Crippen LogP contribution >= 0.6 is 0 Å². The van der Waals surface area contributed by atoms with Crippen molar-refractivity contribution >= 4 is 18.9 Å². The molecule has 2 aromatic carbocycles. The largest absolute Gasteiger partial charge is 0.495 e. The van der Waals surface area contributed by atoms with Crippen LogP contribution in [0.4, 0.5) is 0 Å². The fraction of sp³-hybridized carbons (Fsp3) is 0.381. The molecule has 4 nitrogen and oxygen atoms in total. The number of carbonyl (C=O) groups excluding carboxylic acids is 1. The monoisotopic (exact) mass is 352 g/mol. The maximum Gasteiger partial charge on any atom is 0.495 e. The molecule has 0 radical (unpaired) electrons. The van der Waals surface area contributed by atoms with Crippen molar-refractivity contribution in [3.05, 3.63) is 53.1 Å². The molecule has 136 valence electrons. The van der Waals surface area contributed by atoms with Crippen LogP contribution in [-0.4, -0.2) is 24.6 Å². The molecule has 3 rings (SSSR count). The number of ether oxygens (including phenoxy) is 1. The van der Waals surface area contributed by atoms with Gasteiger partial charge in [0.15, 0.2) is 0 Å². The quantitative estimate of drug-likeness (QED) is 0.611. The minimum atomic E-state index is -0.611. The zero-order chi connectivity index (χ0) is 19.1. The summed E-state index contributed by atoms with van der Waals surface area (Å²) < 4.78 is 18.3. The lowest BCUT2D eigenvalue weighted by Crippen LogP contribution is -2.41. The van der Waals surface area contributed by atoms with Crippen LogP contribution in [0, 0.1) is 13.8 Å². The average molecular weight is 352 g/mol. The lowest BCUT2D eigenvalue weighted by atomic mass is 9.75. The van der Waals surface area contributed by atoms with Crippen LogP contribution in [0.3, 0.4) is 0 Å². The van der Waals surface area contributed by atoms with Gasteiger partial charge in [-0.05, 0) is 82.4 Å². The number of benzene rings is 2. The van der Waals surface area contributed by atoms with E-state index in [4.69, 9.17) is 14.0 Å². The maximum absolute atomic E-state index is 11.7. The highest BCUT2D eigenvalue weighted by atomic mass is 16.7. The Morgan fingerprint density at radius 3 is 2.19 bits per heavy atom. The van der Waals surface area contributed by atoms with Gasteiger partial charge in [0.2, 0.25) is 0 Å². The van der Waals surface area contributed by atoms with Crippen molar-refractivity contribution < 1.29 is 18.8 Å². The summed E-state index contributed by atoms with van der Waals surface area (Å²) in [6.45, 7) is 11.9. The molecule has 0 N–H and O–H groups in total. The van der Waals surface area contributed by atoms with Crippen molar-refractivity contribution in [3.8, 4) is 11.5 Å². The van der Waals surface area contributed by atoms with Gasteiger partial charge in [-0.1, -0.05) is 12.1 Å². The van der Waals surface area contributed by atoms with Crippen LogP contribution in [0.1, 0.15) is 49.2 Å². The average Bonchev–Trinajstić information content (AvgIpc) is 2.75. The second kappa shape index (κ2) is 6.56. The summed E-state index contributed by atoms with van der Waals surface area (Å²) in [5.41, 5.74) is 2.28. The molecular weight excluding hydrogens is 327 g/mol. The van der Waals surface area contributed by atoms with Crippen molar-refractivity contribution in [2.45, 2.75) is 52.7 Å². The van der Waals surface area contributed by atoms with Gasteiger partial charge in [0.05, 0.1) is 11.2 Å². The Morgan fingerprint density at radius 2 is 1.62 bits per heavy atom. The molecule has 0 aliphatic carbocycles. The molecule has 0 saturated carbocycles. The number of hydrogen-bond donors (Lipinski definition) is 0. The Kier molecular flexibility index (Phi) is 4.71. The van der Waals surface area contributed by atoms with Gasteiger partial charge in [-0.25, -0.2) is 0 Å². The van der Waals surface area contributed by atoms with E-state index in [-0.39, 0.29) is 0 Å². The van der Waals surface area contributed by atoms with Crippen LogP contribution in [0.5, 0.6) is 11.5 Å². The molecule has 5 heteroatoms. The summed E-state index contributed by atoms with van der Waals surface area (Å²) in [6, 6.07) is 11.5. The third kappa shape index (κ3) is 3.42. The molecule has 0 atom stereocenters. The lowest BCUT2D eigenvalue weighted by molar-refractivity contribution is 0.00578. The van der Waals surface area contributed by atoms with Crippen LogP contribution in [0.15, 0.2) is 36.4 Å². The Bertz CT molecular complexity index is 826. The van der Waals surface area contributed by atoms with Gasteiger partial charge in [0.1, 0.15) is 17.8 Å². The van der Waals surface area contributed by atoms with E-state index < -0.39 is 18.3 Å². The Morgan fingerprint density at radius 1 is 0.962 bits per heavy atom. The highest BCUT2D eigenvalue weighted by Crippen LogP contribution is 2.37. The first-order valence-corrected chi connectivity index (χ1v) is 8.83. The molecule has 1 fully saturated rings. The zero-order valence-corrected chi connectivity index (χ0v) is 16.3. The van der Waals surface area contributed by atoms with Crippen molar-refractivity contribution in [2.75, 3.05) is 0 Å². The first kappa shape index (κ1) is 18.7. The molecule has 0 bridgehead atoms. The first-order valence-electron chi connectivity index (χ1n) is 8.83. The van der Waals surface area contributed by atoms with E-state index in [1.807, 2.05) is 77.9 Å². The zero-order valence-electron chi connectivity index (χ0n) is 16.3. The van der Waals surface area contributed by atoms with Crippen molar-refractivity contribution in [1.29, 1.82) is 0 Å². The normalized spacial score (nSPS) is 18.0. The molecule has 0 spiro atoms. The molecule has 0 aromatic heterocycles. The van der Waals surface area contributed by atoms with Gasteiger partial charge in [-0.15, -0.1) is 0 Å². The predicted octanol–water partition coefficient (Wildman–Crippen LogP) is 4.21. The number of rotatable bonds is 4. The van der Waals surface area contributed by atoms with E-state index in [2.05, 4.69) is 0 Å². The Balaban J connectivity index is 1.99. The van der Waals surface area contributed by atoms with Crippen LogP contribution in [0.2, 0.25) is 0 Å². The van der Waals surface area contributed by atoms with E-state index in [1.54, 1.807) is 0 Å². The van der Waals surface area contributed by atoms with Crippen LogP contribution < -0.4 is 10.2 Å². The van der Waals surface area contributed by atoms with Gasteiger partial charge in [0, 0.05) is 5.56 Å². The second-order valence-corrected chi connectivity index (χ2v) is 7.87. The molecule has 1 heterocycles. The molecule has 1 saturated heterocycles. The predicted molar refractivity (Wildman–Crippen MR) is 104 cm³/mol. The van der Waals surface area contributed by atoms with Gasteiger partial charge in [0.25, 0.3) is 0 Å². The van der Waals surface area contributed by atoms with Crippen LogP contribution in [0.25, 0.3) is 0 Å². The molecule has 1 aliphatic heterocycles. The molecule has 0 unspecified atom stereocenters. The summed E-state index contributed by atoms with van der Waals surface area (Å²) in [4.78, 5) is 11.7. The summed E-state index contributed by atoms with van der Waals surface area (Å²) in [5, 5.41) is 0. The number of hydrogen-bond acceptors (Lipinski definition) is 4. The Labute approximate surface area is 155 Å². The van der Waals surface area contributed by atoms with Gasteiger partial charge < -0.3 is 14.0 Å². The van der Waals surface area contributed by atoms with Crippen molar-refractivity contribution in [2.24, 2.45) is 0 Å². The Hall–Kier alpha value is -2.11. The minimum Gasteiger partial charge on any atom is -0.457 e. The standard InChI is InChI=1S/C21H25BO4/c1-14-8-7-9-16(10-14)24-17-11-15(2)18(13-23)19(12-17)22-25-20(3,4)21(5,6)26-22/h7-13H,1-6H3. The molecular formula is C21H25BO4. The smallest absolute Gasteiger partial charge is 0.457 e. The van der Waals surface area contributed by atoms with Gasteiger partial charge in [-0.3, -0.25) is 4.79 Å². The highest BCUT2D eigenvalue weighted by molar-refractivity contribution is 6.63. The van der Waals surface area contributed by atoms with Gasteiger partial charge >= 0.3 is 7.12 Å².